The van der Waals surface area contributed by atoms with Crippen molar-refractivity contribution in [3.8, 4) is 0 Å². The van der Waals surface area contributed by atoms with Crippen molar-refractivity contribution in [2.24, 2.45) is 5.16 Å². The molecule has 4 N–H and O–H groups in total. The zero-order valence-electron chi connectivity index (χ0n) is 19.8. The monoisotopic (exact) mass is 527 g/mol. The quantitative estimate of drug-likeness (QED) is 0.165. The summed E-state index contributed by atoms with van der Waals surface area (Å²) in [6.07, 6.45) is 4.20. The van der Waals surface area contributed by atoms with Crippen LogP contribution in [-0.2, 0) is 25.8 Å². The fraction of sp³-hybridized carbons (Fsp3) is 0.304. The van der Waals surface area contributed by atoms with Crippen LogP contribution >= 0.6 is 11.8 Å². The van der Waals surface area contributed by atoms with E-state index in [2.05, 4.69) is 15.5 Å². The lowest BCUT2D eigenvalue weighted by Gasteiger charge is -2.49. The molecule has 3 aromatic heterocycles. The summed E-state index contributed by atoms with van der Waals surface area (Å²) in [5.74, 6) is -2.15. The lowest BCUT2D eigenvalue weighted by Crippen LogP contribution is -2.71. The maximum Gasteiger partial charge on any atom is 0.352 e. The zero-order valence-corrected chi connectivity index (χ0v) is 20.6. The molecule has 5 heterocycles. The molecule has 0 aliphatic carbocycles. The maximum atomic E-state index is 13.1. The molecule has 0 aromatic carbocycles. The van der Waals surface area contributed by atoms with Crippen molar-refractivity contribution in [1.29, 1.82) is 0 Å². The van der Waals surface area contributed by atoms with E-state index < -0.39 is 29.2 Å². The minimum Gasteiger partial charge on any atom is -0.477 e. The van der Waals surface area contributed by atoms with Crippen LogP contribution in [0.5, 0.6) is 0 Å². The van der Waals surface area contributed by atoms with Crippen molar-refractivity contribution < 1.29 is 37.7 Å². The summed E-state index contributed by atoms with van der Waals surface area (Å²) in [6, 6.07) is 4.28. The number of aromatic nitrogens is 2. The van der Waals surface area contributed by atoms with Gasteiger partial charge in [0.15, 0.2) is 24.0 Å². The number of pyridine rings is 1. The number of carbonyl (C=O) groups is 3. The third-order valence-electron chi connectivity index (χ3n) is 5.73. The van der Waals surface area contributed by atoms with Crippen molar-refractivity contribution in [2.75, 3.05) is 11.5 Å². The van der Waals surface area contributed by atoms with Crippen molar-refractivity contribution in [1.82, 2.24) is 15.2 Å². The van der Waals surface area contributed by atoms with Crippen LogP contribution in [0.2, 0.25) is 0 Å². The lowest BCUT2D eigenvalue weighted by molar-refractivity contribution is -0.663. The maximum absolute atomic E-state index is 13.1. The van der Waals surface area contributed by atoms with Crippen LogP contribution < -0.4 is 15.6 Å². The van der Waals surface area contributed by atoms with E-state index in [9.17, 15) is 19.5 Å². The van der Waals surface area contributed by atoms with Gasteiger partial charge in [0.25, 0.3) is 23.3 Å². The van der Waals surface area contributed by atoms with Gasteiger partial charge in [-0.2, -0.15) is 9.55 Å². The fourth-order valence-corrected chi connectivity index (χ4v) is 5.44. The average Bonchev–Trinajstić information content (AvgIpc) is 3.51. The first-order chi connectivity index (χ1) is 17.7. The number of nitrogens with two attached hydrogens (primary N) is 1. The second kappa shape index (κ2) is 9.61. The van der Waals surface area contributed by atoms with Crippen LogP contribution in [0.3, 0.4) is 0 Å². The summed E-state index contributed by atoms with van der Waals surface area (Å²) >= 11 is 1.36. The number of fused-ring (bicyclic) bond motifs is 2. The van der Waals surface area contributed by atoms with Crippen LogP contribution in [0.25, 0.3) is 11.1 Å². The molecule has 2 amide bonds. The Morgan fingerprint density at radius 1 is 1.41 bits per heavy atom. The number of rotatable bonds is 8. The molecule has 1 saturated heterocycles. The van der Waals surface area contributed by atoms with Crippen LogP contribution in [-0.4, -0.2) is 61.8 Å². The van der Waals surface area contributed by atoms with Gasteiger partial charge in [0.05, 0.1) is 6.26 Å². The number of aliphatic carboxylic acids is 1. The number of carboxylic acid groups (broad SMARTS) is 1. The highest BCUT2D eigenvalue weighted by Gasteiger charge is 2.55. The second-order valence-electron chi connectivity index (χ2n) is 8.59. The number of hydrogen-bond donors (Lipinski definition) is 3. The highest BCUT2D eigenvalue weighted by Crippen LogP contribution is 2.40. The number of carbonyl (C=O) groups excluding carboxylic acids is 2. The molecule has 192 valence electrons. The molecule has 0 saturated carbocycles. The minimum atomic E-state index is -1.22. The van der Waals surface area contributed by atoms with Crippen molar-refractivity contribution in [3.63, 3.8) is 0 Å². The molecule has 1 fully saturated rings. The topological polar surface area (TPSA) is 177 Å². The summed E-state index contributed by atoms with van der Waals surface area (Å²) in [5, 5.41) is 15.9. The molecule has 0 spiro atoms. The number of nitrogens with one attached hydrogen (secondary N) is 1. The molecule has 3 aromatic rings. The number of oxazole rings is 1. The Balaban J connectivity index is 1.37. The average molecular weight is 528 g/mol. The molecule has 2 atom stereocenters. The Kier molecular flexibility index (Phi) is 6.33. The van der Waals surface area contributed by atoms with Crippen molar-refractivity contribution in [3.05, 3.63) is 53.9 Å². The molecule has 5 rings (SSSR count). The smallest absolute Gasteiger partial charge is 0.352 e. The summed E-state index contributed by atoms with van der Waals surface area (Å²) in [7, 11) is 0. The SMILES string of the molecule is CC(C)ON=C(C(=O)NC1C(=O)N2C(C(=O)O)=C(C[n+]3cccc4occc43)CS[C@@H]12)c1coc(N)n1. The van der Waals surface area contributed by atoms with E-state index in [0.29, 0.717) is 16.9 Å². The Bertz CT molecular complexity index is 1460. The van der Waals surface area contributed by atoms with Gasteiger partial charge in [-0.25, -0.2) is 4.79 Å². The fourth-order valence-electron chi connectivity index (χ4n) is 4.11. The Morgan fingerprint density at radius 3 is 2.92 bits per heavy atom. The minimum absolute atomic E-state index is 0.0365. The molecule has 13 nitrogen and oxygen atoms in total. The molecular formula is C23H23N6O7S+. The standard InChI is InChI=1S/C23H22N6O7S/c1-11(2)36-27-16(13-9-35-23(24)25-13)19(30)26-17-20(31)29-18(22(32)33)12(10-37-21(17)29)8-28-6-3-4-15-14(28)5-7-34-15/h3-7,9,11,17,21H,8,10H2,1-2H3,(H3-,24,25,26,30,32,33)/p+1/t17?,21-/m0/s1. The highest BCUT2D eigenvalue weighted by atomic mass is 32.2. The third kappa shape index (κ3) is 4.50. The predicted molar refractivity (Wildman–Crippen MR) is 130 cm³/mol. The van der Waals surface area contributed by atoms with Crippen LogP contribution in [0.1, 0.15) is 19.5 Å². The number of oxime groups is 1. The van der Waals surface area contributed by atoms with E-state index in [4.69, 9.17) is 19.4 Å². The third-order valence-corrected chi connectivity index (χ3v) is 7.07. The first-order valence-electron chi connectivity index (χ1n) is 11.3. The molecule has 0 bridgehead atoms. The summed E-state index contributed by atoms with van der Waals surface area (Å²) < 4.78 is 12.3. The van der Waals surface area contributed by atoms with E-state index in [0.717, 1.165) is 11.8 Å². The largest absolute Gasteiger partial charge is 0.477 e. The van der Waals surface area contributed by atoms with E-state index in [1.807, 2.05) is 16.8 Å². The number of nitrogen functional groups attached to an aromatic ring is 1. The van der Waals surface area contributed by atoms with Crippen molar-refractivity contribution >= 4 is 52.4 Å². The Morgan fingerprint density at radius 2 is 2.22 bits per heavy atom. The van der Waals surface area contributed by atoms with Gasteiger partial charge in [-0.15, -0.1) is 11.8 Å². The number of carboxylic acids is 1. The van der Waals surface area contributed by atoms with E-state index in [-0.39, 0.29) is 35.8 Å². The van der Waals surface area contributed by atoms with E-state index in [1.54, 1.807) is 32.2 Å². The Labute approximate surface area is 213 Å². The molecule has 1 unspecified atom stereocenters. The van der Waals surface area contributed by atoms with E-state index in [1.165, 1.54) is 16.7 Å². The lowest BCUT2D eigenvalue weighted by atomic mass is 10.0. The number of amides is 2. The normalized spacial score (nSPS) is 19.7. The molecular weight excluding hydrogens is 504 g/mol. The first-order valence-corrected chi connectivity index (χ1v) is 12.3. The van der Waals surface area contributed by atoms with Gasteiger partial charge in [0, 0.05) is 23.5 Å². The van der Waals surface area contributed by atoms with Crippen LogP contribution in [0.4, 0.5) is 6.01 Å². The van der Waals surface area contributed by atoms with Gasteiger partial charge in [0.2, 0.25) is 0 Å². The first kappa shape index (κ1) is 24.4. The number of β-lactam (4-membered cyclic amide) rings is 1. The summed E-state index contributed by atoms with van der Waals surface area (Å²) in [4.78, 5) is 48.7. The second-order valence-corrected chi connectivity index (χ2v) is 9.69. The molecule has 2 aliphatic heterocycles. The van der Waals surface area contributed by atoms with Crippen LogP contribution in [0.15, 0.2) is 62.2 Å². The number of thioether (sulfide) groups is 1. The van der Waals surface area contributed by atoms with Crippen molar-refractivity contribution in [2.45, 2.75) is 37.9 Å². The molecule has 0 radical (unpaired) electrons. The zero-order chi connectivity index (χ0) is 26.3. The highest BCUT2D eigenvalue weighted by molar-refractivity contribution is 8.00. The van der Waals surface area contributed by atoms with Gasteiger partial charge in [-0.3, -0.25) is 14.5 Å². The number of anilines is 1. The van der Waals surface area contributed by atoms with Gasteiger partial charge in [0.1, 0.15) is 35.2 Å². The Hall–Kier alpha value is -4.33. The molecule has 14 heteroatoms. The molecule has 2 aliphatic rings. The van der Waals surface area contributed by atoms with Gasteiger partial charge >= 0.3 is 5.97 Å². The number of hydrogen-bond acceptors (Lipinski definition) is 10. The number of nitrogens with zero attached hydrogens (tertiary/aromatic N) is 4. The number of furan rings is 1. The predicted octanol–water partition coefficient (Wildman–Crippen LogP) is 0.858. The van der Waals surface area contributed by atoms with Gasteiger partial charge < -0.3 is 29.8 Å². The van der Waals surface area contributed by atoms with Gasteiger partial charge in [-0.05, 0) is 19.9 Å². The van der Waals surface area contributed by atoms with Gasteiger partial charge in [-0.1, -0.05) is 5.16 Å². The molecule has 37 heavy (non-hydrogen) atoms. The van der Waals surface area contributed by atoms with E-state index >= 15 is 0 Å². The van der Waals surface area contributed by atoms with Crippen LogP contribution in [0, 0.1) is 0 Å². The summed E-state index contributed by atoms with van der Waals surface area (Å²) in [6.45, 7) is 3.71. The summed E-state index contributed by atoms with van der Waals surface area (Å²) in [5.41, 5.74) is 7.28.